The summed E-state index contributed by atoms with van der Waals surface area (Å²) in [6.45, 7) is 1.69. The summed E-state index contributed by atoms with van der Waals surface area (Å²) in [6, 6.07) is 0. The second-order valence-corrected chi connectivity index (χ2v) is 7.05. The Hall–Kier alpha value is -1.06. The van der Waals surface area contributed by atoms with E-state index in [0.29, 0.717) is 17.8 Å². The Balaban J connectivity index is 2.04. The van der Waals surface area contributed by atoms with Crippen LogP contribution in [0.3, 0.4) is 0 Å². The molecule has 4 aliphatic rings. The molecule has 0 spiro atoms. The van der Waals surface area contributed by atoms with Gasteiger partial charge in [0, 0.05) is 0 Å². The minimum Gasteiger partial charge on any atom is -0.369 e. The first-order valence-corrected chi connectivity index (χ1v) is 6.97. The van der Waals surface area contributed by atoms with E-state index >= 15 is 0 Å². The van der Waals surface area contributed by atoms with Crippen LogP contribution in [0.4, 0.5) is 0 Å². The van der Waals surface area contributed by atoms with Crippen molar-refractivity contribution < 1.29 is 9.59 Å². The lowest BCUT2D eigenvalue weighted by molar-refractivity contribution is -0.166. The summed E-state index contributed by atoms with van der Waals surface area (Å²) < 4.78 is 0. The summed E-state index contributed by atoms with van der Waals surface area (Å²) in [5, 5.41) is 0. The lowest BCUT2D eigenvalue weighted by Gasteiger charge is -2.61. The first-order valence-electron chi connectivity index (χ1n) is 6.97. The van der Waals surface area contributed by atoms with Gasteiger partial charge in [-0.15, -0.1) is 0 Å². The third kappa shape index (κ3) is 1.32. The third-order valence-corrected chi connectivity index (χ3v) is 6.08. The summed E-state index contributed by atoms with van der Waals surface area (Å²) in [7, 11) is 0. The van der Waals surface area contributed by atoms with E-state index in [1.165, 1.54) is 19.3 Å². The van der Waals surface area contributed by atoms with Gasteiger partial charge in [-0.2, -0.15) is 0 Å². The van der Waals surface area contributed by atoms with E-state index in [1.54, 1.807) is 6.92 Å². The molecule has 4 aliphatic carbocycles. The summed E-state index contributed by atoms with van der Waals surface area (Å²) in [4.78, 5) is 23.8. The van der Waals surface area contributed by atoms with Gasteiger partial charge in [0.25, 0.3) is 0 Å². The number of amides is 2. The van der Waals surface area contributed by atoms with Gasteiger partial charge in [0.05, 0.1) is 0 Å². The summed E-state index contributed by atoms with van der Waals surface area (Å²) >= 11 is 0. The van der Waals surface area contributed by atoms with Crippen LogP contribution in [0.1, 0.15) is 45.4 Å². The molecule has 100 valence electrons. The summed E-state index contributed by atoms with van der Waals surface area (Å²) in [5.41, 5.74) is 9.69. The second-order valence-electron chi connectivity index (χ2n) is 7.05. The Morgan fingerprint density at radius 2 is 1.28 bits per heavy atom. The first-order chi connectivity index (χ1) is 8.37. The van der Waals surface area contributed by atoms with Crippen LogP contribution in [0.25, 0.3) is 0 Å². The summed E-state index contributed by atoms with van der Waals surface area (Å²) in [6.07, 6.45) is 6.69. The van der Waals surface area contributed by atoms with Crippen molar-refractivity contribution in [1.29, 1.82) is 0 Å². The van der Waals surface area contributed by atoms with Crippen LogP contribution >= 0.6 is 0 Å². The SMILES string of the molecule is CC(C(N)=O)(C(N)=O)C12CC3CC(CC(C3)C1)C2. The van der Waals surface area contributed by atoms with Gasteiger partial charge in [0.15, 0.2) is 0 Å². The Morgan fingerprint density at radius 3 is 1.56 bits per heavy atom. The van der Waals surface area contributed by atoms with Gasteiger partial charge < -0.3 is 11.5 Å². The number of hydrogen-bond donors (Lipinski definition) is 2. The van der Waals surface area contributed by atoms with E-state index in [0.717, 1.165) is 19.3 Å². The fourth-order valence-corrected chi connectivity index (χ4v) is 5.37. The number of rotatable bonds is 3. The van der Waals surface area contributed by atoms with E-state index in [1.807, 2.05) is 0 Å². The van der Waals surface area contributed by atoms with Crippen molar-refractivity contribution in [1.82, 2.24) is 0 Å². The van der Waals surface area contributed by atoms with Crippen LogP contribution in [-0.2, 0) is 9.59 Å². The number of hydrogen-bond acceptors (Lipinski definition) is 2. The molecule has 0 radical (unpaired) electrons. The Kier molecular flexibility index (Phi) is 2.32. The quantitative estimate of drug-likeness (QED) is 0.737. The number of nitrogens with two attached hydrogens (primary N) is 2. The van der Waals surface area contributed by atoms with Crippen LogP contribution in [0.15, 0.2) is 0 Å². The van der Waals surface area contributed by atoms with Crippen molar-refractivity contribution in [2.24, 2.45) is 40.1 Å². The molecule has 0 atom stereocenters. The van der Waals surface area contributed by atoms with Gasteiger partial charge >= 0.3 is 0 Å². The molecule has 0 aromatic heterocycles. The second kappa shape index (κ2) is 3.49. The van der Waals surface area contributed by atoms with Crippen LogP contribution < -0.4 is 11.5 Å². The predicted octanol–water partition coefficient (Wildman–Crippen LogP) is 1.18. The highest BCUT2D eigenvalue weighted by molar-refractivity contribution is 6.04. The van der Waals surface area contributed by atoms with Gasteiger partial charge in [-0.05, 0) is 68.6 Å². The van der Waals surface area contributed by atoms with Crippen LogP contribution in [-0.4, -0.2) is 11.8 Å². The van der Waals surface area contributed by atoms with E-state index in [9.17, 15) is 9.59 Å². The van der Waals surface area contributed by atoms with Crippen molar-refractivity contribution in [2.75, 3.05) is 0 Å². The maximum absolute atomic E-state index is 11.9. The maximum atomic E-state index is 11.9. The molecule has 4 fully saturated rings. The van der Waals surface area contributed by atoms with Gasteiger partial charge in [-0.25, -0.2) is 0 Å². The smallest absolute Gasteiger partial charge is 0.233 e. The maximum Gasteiger partial charge on any atom is 0.233 e. The zero-order valence-corrected chi connectivity index (χ0v) is 10.9. The zero-order valence-electron chi connectivity index (χ0n) is 10.9. The number of carbonyl (C=O) groups excluding carboxylic acids is 2. The molecule has 4 saturated carbocycles. The molecule has 0 saturated heterocycles. The average molecular weight is 250 g/mol. The molecule has 0 aromatic carbocycles. The minimum absolute atomic E-state index is 0.251. The predicted molar refractivity (Wildman–Crippen MR) is 67.1 cm³/mol. The van der Waals surface area contributed by atoms with Gasteiger partial charge in [0.2, 0.25) is 11.8 Å². The standard InChI is InChI=1S/C14H22N2O2/c1-13(11(15)17,12(16)18)14-5-8-2-9(6-14)4-10(3-8)7-14/h8-10H,2-7H2,1H3,(H2,15,17)(H2,16,18). The molecule has 4 nitrogen and oxygen atoms in total. The van der Waals surface area contributed by atoms with Gasteiger partial charge in [-0.3, -0.25) is 9.59 Å². The lowest BCUT2D eigenvalue weighted by Crippen LogP contribution is -2.62. The molecule has 0 aliphatic heterocycles. The molecule has 2 amide bonds. The normalized spacial score (nSPS) is 41.9. The van der Waals surface area contributed by atoms with Crippen LogP contribution in [0.2, 0.25) is 0 Å². The molecule has 4 rings (SSSR count). The van der Waals surface area contributed by atoms with E-state index in [2.05, 4.69) is 0 Å². The molecule has 4 bridgehead atoms. The molecule has 0 heterocycles. The van der Waals surface area contributed by atoms with Crippen molar-refractivity contribution in [3.8, 4) is 0 Å². The first kappa shape index (κ1) is 12.0. The highest BCUT2D eigenvalue weighted by Gasteiger charge is 2.63. The fraction of sp³-hybridized carbons (Fsp3) is 0.857. The number of carbonyl (C=O) groups is 2. The van der Waals surface area contributed by atoms with E-state index in [4.69, 9.17) is 11.5 Å². The minimum atomic E-state index is -1.16. The topological polar surface area (TPSA) is 86.2 Å². The highest BCUT2D eigenvalue weighted by Crippen LogP contribution is 2.65. The highest BCUT2D eigenvalue weighted by atomic mass is 16.2. The van der Waals surface area contributed by atoms with E-state index < -0.39 is 17.2 Å². The molecular weight excluding hydrogens is 228 g/mol. The third-order valence-electron chi connectivity index (χ3n) is 6.08. The largest absolute Gasteiger partial charge is 0.369 e. The molecule has 4 heteroatoms. The molecule has 18 heavy (non-hydrogen) atoms. The molecule has 0 aromatic rings. The average Bonchev–Trinajstić information content (AvgIpc) is 2.25. The molecule has 4 N–H and O–H groups in total. The zero-order chi connectivity index (χ0) is 13.1. The van der Waals surface area contributed by atoms with Crippen molar-refractivity contribution in [2.45, 2.75) is 45.4 Å². The summed E-state index contributed by atoms with van der Waals surface area (Å²) in [5.74, 6) is 0.965. The van der Waals surface area contributed by atoms with Crippen LogP contribution in [0, 0.1) is 28.6 Å². The number of primary amides is 2. The molecule has 0 unspecified atom stereocenters. The van der Waals surface area contributed by atoms with E-state index in [-0.39, 0.29) is 5.41 Å². The Morgan fingerprint density at radius 1 is 0.944 bits per heavy atom. The van der Waals surface area contributed by atoms with Crippen LogP contribution in [0.5, 0.6) is 0 Å². The Bertz CT molecular complexity index is 367. The van der Waals surface area contributed by atoms with Crippen molar-refractivity contribution >= 4 is 11.8 Å². The van der Waals surface area contributed by atoms with Crippen molar-refractivity contribution in [3.05, 3.63) is 0 Å². The van der Waals surface area contributed by atoms with Gasteiger partial charge in [-0.1, -0.05) is 0 Å². The van der Waals surface area contributed by atoms with Crippen molar-refractivity contribution in [3.63, 3.8) is 0 Å². The lowest BCUT2D eigenvalue weighted by atomic mass is 9.42. The fourth-order valence-electron chi connectivity index (χ4n) is 5.37. The molecular formula is C14H22N2O2. The Labute approximate surface area is 107 Å². The van der Waals surface area contributed by atoms with Gasteiger partial charge in [0.1, 0.15) is 5.41 Å². The monoisotopic (exact) mass is 250 g/mol.